The number of nitro benzene ring substituents is 1. The van der Waals surface area contributed by atoms with Gasteiger partial charge in [0.1, 0.15) is 5.02 Å². The van der Waals surface area contributed by atoms with Crippen LogP contribution in [0, 0.1) is 10.1 Å². The van der Waals surface area contributed by atoms with E-state index < -0.39 is 4.92 Å². The minimum Gasteiger partial charge on any atom is -0.336 e. The number of carbonyl (C=O) groups is 1. The van der Waals surface area contributed by atoms with Crippen LogP contribution in [-0.4, -0.2) is 28.3 Å². The minimum atomic E-state index is -0.549. The number of amides is 1. The smallest absolute Gasteiger partial charge is 0.287 e. The number of rotatable bonds is 6. The van der Waals surface area contributed by atoms with E-state index >= 15 is 0 Å². The Morgan fingerprint density at radius 2 is 2.20 bits per heavy atom. The Morgan fingerprint density at radius 1 is 1.50 bits per heavy atom. The number of benzene rings is 1. The van der Waals surface area contributed by atoms with Gasteiger partial charge in [0.25, 0.3) is 11.6 Å². The van der Waals surface area contributed by atoms with Crippen molar-refractivity contribution in [3.05, 3.63) is 38.9 Å². The lowest BCUT2D eigenvalue weighted by Gasteiger charge is -2.22. The molecule has 0 radical (unpaired) electrons. The molecular weight excluding hydrogens is 280 g/mol. The molecule has 0 aliphatic heterocycles. The summed E-state index contributed by atoms with van der Waals surface area (Å²) in [7, 11) is 0. The lowest BCUT2D eigenvalue weighted by molar-refractivity contribution is -0.384. The van der Waals surface area contributed by atoms with E-state index in [1.807, 2.05) is 4.90 Å². The van der Waals surface area contributed by atoms with Gasteiger partial charge in [-0.05, 0) is 31.4 Å². The first-order chi connectivity index (χ1) is 9.54. The maximum Gasteiger partial charge on any atom is 0.287 e. The molecule has 1 amide bonds. The predicted molar refractivity (Wildman–Crippen MR) is 77.1 cm³/mol. The highest BCUT2D eigenvalue weighted by molar-refractivity contribution is 6.33. The molecule has 0 spiro atoms. The topological polar surface area (TPSA) is 63.5 Å². The fourth-order valence-electron chi connectivity index (χ4n) is 2.12. The van der Waals surface area contributed by atoms with E-state index in [4.69, 9.17) is 11.6 Å². The van der Waals surface area contributed by atoms with Crippen LogP contribution in [0.2, 0.25) is 5.02 Å². The SMILES string of the molecule is CCCCN(C(=O)c1ccc([N+](=O)[O-])c(Cl)c1)C1CC1. The van der Waals surface area contributed by atoms with Crippen LogP contribution >= 0.6 is 11.6 Å². The third-order valence-electron chi connectivity index (χ3n) is 3.39. The Labute approximate surface area is 122 Å². The second kappa shape index (κ2) is 6.22. The fourth-order valence-corrected chi connectivity index (χ4v) is 2.37. The quantitative estimate of drug-likeness (QED) is 0.594. The van der Waals surface area contributed by atoms with Gasteiger partial charge < -0.3 is 4.90 Å². The van der Waals surface area contributed by atoms with Crippen molar-refractivity contribution in [2.75, 3.05) is 6.54 Å². The van der Waals surface area contributed by atoms with E-state index in [0.717, 1.165) is 32.2 Å². The zero-order chi connectivity index (χ0) is 14.7. The maximum atomic E-state index is 12.5. The first-order valence-corrected chi connectivity index (χ1v) is 7.17. The Morgan fingerprint density at radius 3 is 2.70 bits per heavy atom. The third-order valence-corrected chi connectivity index (χ3v) is 3.70. The molecule has 1 fully saturated rings. The number of hydrogen-bond donors (Lipinski definition) is 0. The first-order valence-electron chi connectivity index (χ1n) is 6.79. The summed E-state index contributed by atoms with van der Waals surface area (Å²) in [6.45, 7) is 2.81. The predicted octanol–water partition coefficient (Wildman–Crippen LogP) is 3.65. The van der Waals surface area contributed by atoms with Gasteiger partial charge >= 0.3 is 0 Å². The molecule has 0 aromatic heterocycles. The van der Waals surface area contributed by atoms with Crippen LogP contribution in [0.5, 0.6) is 0 Å². The molecule has 1 aliphatic carbocycles. The van der Waals surface area contributed by atoms with Crippen molar-refractivity contribution in [2.45, 2.75) is 38.6 Å². The molecular formula is C14H17ClN2O3. The number of nitro groups is 1. The number of unbranched alkanes of at least 4 members (excludes halogenated alkanes) is 1. The summed E-state index contributed by atoms with van der Waals surface area (Å²) in [5.74, 6) is -0.0854. The van der Waals surface area contributed by atoms with Gasteiger partial charge in [-0.2, -0.15) is 0 Å². The van der Waals surface area contributed by atoms with Gasteiger partial charge in [0, 0.05) is 24.2 Å². The van der Waals surface area contributed by atoms with E-state index in [-0.39, 0.29) is 16.6 Å². The van der Waals surface area contributed by atoms with Crippen LogP contribution in [-0.2, 0) is 0 Å². The number of nitrogens with zero attached hydrogens (tertiary/aromatic N) is 2. The molecule has 6 heteroatoms. The maximum absolute atomic E-state index is 12.5. The molecule has 1 saturated carbocycles. The number of carbonyl (C=O) groups excluding carboxylic acids is 1. The van der Waals surface area contributed by atoms with Crippen LogP contribution in [0.25, 0.3) is 0 Å². The van der Waals surface area contributed by atoms with Crippen LogP contribution in [0.1, 0.15) is 43.0 Å². The van der Waals surface area contributed by atoms with Crippen LogP contribution in [0.4, 0.5) is 5.69 Å². The summed E-state index contributed by atoms with van der Waals surface area (Å²) in [5, 5.41) is 10.7. The van der Waals surface area contributed by atoms with Gasteiger partial charge in [-0.1, -0.05) is 24.9 Å². The monoisotopic (exact) mass is 296 g/mol. The van der Waals surface area contributed by atoms with Crippen LogP contribution in [0.15, 0.2) is 18.2 Å². The summed E-state index contributed by atoms with van der Waals surface area (Å²) < 4.78 is 0. The normalized spacial score (nSPS) is 14.1. The van der Waals surface area contributed by atoms with Gasteiger partial charge in [0.05, 0.1) is 4.92 Å². The Balaban J connectivity index is 2.18. The zero-order valence-corrected chi connectivity index (χ0v) is 12.1. The average Bonchev–Trinajstić information content (AvgIpc) is 3.23. The number of halogens is 1. The standard InChI is InChI=1S/C14H17ClN2O3/c1-2-3-8-16(11-5-6-11)14(18)10-4-7-13(17(19)20)12(15)9-10/h4,7,9,11H,2-3,5-6,8H2,1H3. The summed E-state index contributed by atoms with van der Waals surface area (Å²) in [4.78, 5) is 24.5. The van der Waals surface area contributed by atoms with Gasteiger partial charge in [-0.25, -0.2) is 0 Å². The molecule has 5 nitrogen and oxygen atoms in total. The molecule has 0 atom stereocenters. The van der Waals surface area contributed by atoms with E-state index in [2.05, 4.69) is 6.92 Å². The van der Waals surface area contributed by atoms with E-state index in [0.29, 0.717) is 11.6 Å². The van der Waals surface area contributed by atoms with Crippen molar-refractivity contribution in [2.24, 2.45) is 0 Å². The average molecular weight is 297 g/mol. The molecule has 0 saturated heterocycles. The van der Waals surface area contributed by atoms with Crippen molar-refractivity contribution in [3.8, 4) is 0 Å². The van der Waals surface area contributed by atoms with E-state index in [9.17, 15) is 14.9 Å². The summed E-state index contributed by atoms with van der Waals surface area (Å²) in [5.41, 5.74) is 0.248. The molecule has 0 heterocycles. The Bertz CT molecular complexity index is 529. The Hall–Kier alpha value is -1.62. The summed E-state index contributed by atoms with van der Waals surface area (Å²) in [6.07, 6.45) is 4.06. The van der Waals surface area contributed by atoms with Crippen LogP contribution < -0.4 is 0 Å². The molecule has 1 aromatic carbocycles. The Kier molecular flexibility index (Phi) is 4.60. The van der Waals surface area contributed by atoms with Gasteiger partial charge in [0.2, 0.25) is 0 Å². The zero-order valence-electron chi connectivity index (χ0n) is 11.3. The molecule has 0 bridgehead atoms. The largest absolute Gasteiger partial charge is 0.336 e. The molecule has 1 aromatic rings. The molecule has 0 N–H and O–H groups in total. The second-order valence-electron chi connectivity index (χ2n) is 5.01. The third kappa shape index (κ3) is 3.28. The van der Waals surface area contributed by atoms with Crippen molar-refractivity contribution in [1.82, 2.24) is 4.90 Å². The molecule has 1 aliphatic rings. The molecule has 108 valence electrons. The highest BCUT2D eigenvalue weighted by Crippen LogP contribution is 2.30. The molecule has 20 heavy (non-hydrogen) atoms. The fraction of sp³-hybridized carbons (Fsp3) is 0.500. The summed E-state index contributed by atoms with van der Waals surface area (Å²) >= 11 is 5.86. The lowest BCUT2D eigenvalue weighted by Crippen LogP contribution is -2.34. The van der Waals surface area contributed by atoms with E-state index in [1.165, 1.54) is 18.2 Å². The molecule has 0 unspecified atom stereocenters. The first kappa shape index (κ1) is 14.8. The second-order valence-corrected chi connectivity index (χ2v) is 5.41. The van der Waals surface area contributed by atoms with Crippen molar-refractivity contribution in [3.63, 3.8) is 0 Å². The number of hydrogen-bond acceptors (Lipinski definition) is 3. The van der Waals surface area contributed by atoms with Gasteiger partial charge in [0.15, 0.2) is 0 Å². The van der Waals surface area contributed by atoms with Crippen molar-refractivity contribution >= 4 is 23.2 Å². The highest BCUT2D eigenvalue weighted by Gasteiger charge is 2.32. The van der Waals surface area contributed by atoms with Crippen molar-refractivity contribution < 1.29 is 9.72 Å². The van der Waals surface area contributed by atoms with Gasteiger partial charge in [-0.15, -0.1) is 0 Å². The van der Waals surface area contributed by atoms with Gasteiger partial charge in [-0.3, -0.25) is 14.9 Å². The minimum absolute atomic E-state index is 0.00656. The highest BCUT2D eigenvalue weighted by atomic mass is 35.5. The van der Waals surface area contributed by atoms with Crippen LogP contribution in [0.3, 0.4) is 0 Å². The summed E-state index contributed by atoms with van der Waals surface area (Å²) in [6, 6.07) is 4.49. The lowest BCUT2D eigenvalue weighted by atomic mass is 10.1. The van der Waals surface area contributed by atoms with E-state index in [1.54, 1.807) is 0 Å². The molecule has 2 rings (SSSR count). The van der Waals surface area contributed by atoms with Crippen molar-refractivity contribution in [1.29, 1.82) is 0 Å².